The van der Waals surface area contributed by atoms with E-state index in [-0.39, 0.29) is 28.7 Å². The van der Waals surface area contributed by atoms with E-state index in [1.165, 1.54) is 12.4 Å². The van der Waals surface area contributed by atoms with E-state index >= 15 is 0 Å². The van der Waals surface area contributed by atoms with Gasteiger partial charge in [0.25, 0.3) is 0 Å². The zero-order valence-corrected chi connectivity index (χ0v) is 18.9. The van der Waals surface area contributed by atoms with Crippen LogP contribution in [0.5, 0.6) is 17.2 Å². The number of benzene rings is 1. The lowest BCUT2D eigenvalue weighted by molar-refractivity contribution is -0.391. The van der Waals surface area contributed by atoms with Crippen molar-refractivity contribution in [2.45, 2.75) is 50.0 Å². The van der Waals surface area contributed by atoms with E-state index in [1.807, 2.05) is 13.8 Å². The number of anilines is 5. The summed E-state index contributed by atoms with van der Waals surface area (Å²) in [6.07, 6.45) is -6.40. The van der Waals surface area contributed by atoms with Gasteiger partial charge in [-0.1, -0.05) is 0 Å². The van der Waals surface area contributed by atoms with Crippen molar-refractivity contribution < 1.29 is 31.8 Å². The second-order valence-electron chi connectivity index (χ2n) is 9.14. The lowest BCUT2D eigenvalue weighted by Gasteiger charge is -2.41. The van der Waals surface area contributed by atoms with Crippen LogP contribution in [-0.4, -0.2) is 43.3 Å². The monoisotopic (exact) mass is 505 g/mol. The van der Waals surface area contributed by atoms with Crippen LogP contribution in [0.3, 0.4) is 0 Å². The van der Waals surface area contributed by atoms with Crippen molar-refractivity contribution in [1.82, 2.24) is 19.9 Å². The molecular weight excluding hydrogens is 486 g/mol. The Morgan fingerprint density at radius 2 is 1.47 bits per heavy atom. The molecule has 10 nitrogen and oxygen atoms in total. The average molecular weight is 505 g/mol. The normalized spacial score (nSPS) is 20.9. The Balaban J connectivity index is 1.19. The molecule has 2 aliphatic heterocycles. The summed E-state index contributed by atoms with van der Waals surface area (Å²) in [7, 11) is 0. The molecule has 1 saturated carbocycles. The van der Waals surface area contributed by atoms with Crippen molar-refractivity contribution in [1.29, 1.82) is 0 Å². The highest BCUT2D eigenvalue weighted by Gasteiger charge is 2.66. The zero-order valence-electron chi connectivity index (χ0n) is 18.9. The second kappa shape index (κ2) is 7.21. The number of rotatable bonds is 4. The number of hydrogen-bond acceptors (Lipinski definition) is 10. The molecule has 0 atom stereocenters. The Kier molecular flexibility index (Phi) is 4.48. The van der Waals surface area contributed by atoms with E-state index < -0.39 is 23.7 Å². The first-order chi connectivity index (χ1) is 17.0. The number of alkyl halides is 4. The molecule has 0 amide bonds. The number of nitrogens with one attached hydrogen (secondary N) is 3. The number of nitrogens with zero attached hydrogens (tertiary/aromatic N) is 4. The van der Waals surface area contributed by atoms with Crippen LogP contribution in [0.15, 0.2) is 36.7 Å². The largest absolute Gasteiger partial charge is 0.507 e. The average Bonchev–Trinajstić information content (AvgIpc) is 3.57. The first-order valence-electron chi connectivity index (χ1n) is 10.9. The number of halogens is 4. The topological polar surface area (TPSA) is 115 Å². The summed E-state index contributed by atoms with van der Waals surface area (Å²) in [6.45, 7) is 4.09. The highest BCUT2D eigenvalue weighted by molar-refractivity contribution is 5.64. The maximum absolute atomic E-state index is 13.5. The summed E-state index contributed by atoms with van der Waals surface area (Å²) in [5.74, 6) is 0.835. The Morgan fingerprint density at radius 1 is 0.806 bits per heavy atom. The molecule has 3 aliphatic rings. The molecule has 0 bridgehead atoms. The Morgan fingerprint density at radius 3 is 2.19 bits per heavy atom. The van der Waals surface area contributed by atoms with Crippen molar-refractivity contribution in [2.24, 2.45) is 0 Å². The SMILES string of the molecule is CC1(C)Oc2ccc(Nc3ncnc(Nc4ccc5c(c4)OC(F)(F)C(F)(F)O5)n3)nc2NC12CC2. The van der Waals surface area contributed by atoms with E-state index in [0.717, 1.165) is 25.0 Å². The molecule has 3 N–H and O–H groups in total. The molecule has 4 heterocycles. The van der Waals surface area contributed by atoms with E-state index in [9.17, 15) is 17.6 Å². The van der Waals surface area contributed by atoms with Gasteiger partial charge in [-0.3, -0.25) is 0 Å². The molecule has 188 valence electrons. The summed E-state index contributed by atoms with van der Waals surface area (Å²) in [5, 5.41) is 9.25. The first-order valence-corrected chi connectivity index (χ1v) is 10.9. The number of aromatic nitrogens is 4. The minimum Gasteiger partial charge on any atom is -0.482 e. The summed E-state index contributed by atoms with van der Waals surface area (Å²) in [5.41, 5.74) is -0.295. The third-order valence-corrected chi connectivity index (χ3v) is 6.31. The quantitative estimate of drug-likeness (QED) is 0.426. The van der Waals surface area contributed by atoms with Gasteiger partial charge in [-0.25, -0.2) is 15.0 Å². The highest BCUT2D eigenvalue weighted by atomic mass is 19.3. The van der Waals surface area contributed by atoms with E-state index in [1.54, 1.807) is 12.1 Å². The second-order valence-corrected chi connectivity index (χ2v) is 9.14. The van der Waals surface area contributed by atoms with Crippen molar-refractivity contribution in [2.75, 3.05) is 16.0 Å². The van der Waals surface area contributed by atoms with Gasteiger partial charge in [-0.15, -0.1) is 0 Å². The molecule has 1 aliphatic carbocycles. The third kappa shape index (κ3) is 3.63. The van der Waals surface area contributed by atoms with Crippen molar-refractivity contribution in [3.05, 3.63) is 36.7 Å². The van der Waals surface area contributed by atoms with Gasteiger partial charge < -0.3 is 30.2 Å². The van der Waals surface area contributed by atoms with Crippen LogP contribution in [0, 0.1) is 0 Å². The molecule has 14 heteroatoms. The maximum atomic E-state index is 13.5. The van der Waals surface area contributed by atoms with E-state index in [0.29, 0.717) is 17.4 Å². The minimum absolute atomic E-state index is 0.0550. The first kappa shape index (κ1) is 22.4. The third-order valence-electron chi connectivity index (χ3n) is 6.31. The fourth-order valence-electron chi connectivity index (χ4n) is 4.10. The highest BCUT2D eigenvalue weighted by Crippen LogP contribution is 2.53. The number of pyridine rings is 1. The van der Waals surface area contributed by atoms with Crippen LogP contribution in [-0.2, 0) is 0 Å². The van der Waals surface area contributed by atoms with Crippen LogP contribution >= 0.6 is 0 Å². The number of fused-ring (bicyclic) bond motifs is 2. The number of hydrogen-bond donors (Lipinski definition) is 3. The molecule has 0 radical (unpaired) electrons. The molecule has 1 spiro atoms. The van der Waals surface area contributed by atoms with E-state index in [4.69, 9.17) is 4.74 Å². The molecule has 3 aromatic rings. The lowest BCUT2D eigenvalue weighted by Crippen LogP contribution is -2.52. The molecular formula is C22H19F4N7O3. The lowest BCUT2D eigenvalue weighted by atomic mass is 9.94. The van der Waals surface area contributed by atoms with Crippen LogP contribution in [0.1, 0.15) is 26.7 Å². The predicted molar refractivity (Wildman–Crippen MR) is 119 cm³/mol. The van der Waals surface area contributed by atoms with Crippen LogP contribution in [0.25, 0.3) is 0 Å². The van der Waals surface area contributed by atoms with Crippen molar-refractivity contribution >= 4 is 29.2 Å². The molecule has 1 fully saturated rings. The van der Waals surface area contributed by atoms with Gasteiger partial charge in [0, 0.05) is 11.8 Å². The fraction of sp³-hybridized carbons (Fsp3) is 0.364. The Hall–Kier alpha value is -4.10. The molecule has 1 aromatic carbocycles. The summed E-state index contributed by atoms with van der Waals surface area (Å²) in [6, 6.07) is 6.98. The minimum atomic E-state index is -4.82. The summed E-state index contributed by atoms with van der Waals surface area (Å²) < 4.78 is 68.0. The van der Waals surface area contributed by atoms with Gasteiger partial charge in [-0.05, 0) is 51.0 Å². The van der Waals surface area contributed by atoms with Gasteiger partial charge in [0.1, 0.15) is 17.7 Å². The van der Waals surface area contributed by atoms with Crippen molar-refractivity contribution in [3.63, 3.8) is 0 Å². The molecule has 2 aromatic heterocycles. The molecule has 0 saturated heterocycles. The molecule has 6 rings (SSSR count). The van der Waals surface area contributed by atoms with Crippen molar-refractivity contribution in [3.8, 4) is 17.2 Å². The van der Waals surface area contributed by atoms with E-state index in [2.05, 4.69) is 45.4 Å². The standard InChI is InChI=1S/C22H19F4N7O3/c1-19(2)20(7-8-20)33-16-13(34-19)5-6-15(30-16)31-18-28-10-27-17(32-18)29-11-3-4-12-14(9-11)36-22(25,26)21(23,24)35-12/h3-6,9-10H,7-8H2,1-2H3,(H3,27,28,29,30,31,32,33). The van der Waals surface area contributed by atoms with Gasteiger partial charge in [0.05, 0.1) is 5.54 Å². The maximum Gasteiger partial charge on any atom is 0.507 e. The van der Waals surface area contributed by atoms with Crippen LogP contribution < -0.4 is 30.2 Å². The molecule has 0 unspecified atom stereocenters. The summed E-state index contributed by atoms with van der Waals surface area (Å²) >= 11 is 0. The van der Waals surface area contributed by atoms with Crippen LogP contribution in [0.4, 0.5) is 46.8 Å². The Bertz CT molecular complexity index is 1280. The Labute approximate surface area is 201 Å². The number of ether oxygens (including phenoxy) is 3. The predicted octanol–water partition coefficient (Wildman–Crippen LogP) is 4.83. The van der Waals surface area contributed by atoms with Crippen LogP contribution in [0.2, 0.25) is 0 Å². The van der Waals surface area contributed by atoms with Gasteiger partial charge >= 0.3 is 12.2 Å². The van der Waals surface area contributed by atoms with Gasteiger partial charge in [0.15, 0.2) is 23.1 Å². The zero-order chi connectivity index (χ0) is 25.3. The summed E-state index contributed by atoms with van der Waals surface area (Å²) in [4.78, 5) is 16.8. The molecule has 36 heavy (non-hydrogen) atoms. The van der Waals surface area contributed by atoms with Gasteiger partial charge in [0.2, 0.25) is 11.9 Å². The van der Waals surface area contributed by atoms with Gasteiger partial charge in [-0.2, -0.15) is 22.5 Å². The fourth-order valence-corrected chi connectivity index (χ4v) is 4.10. The smallest absolute Gasteiger partial charge is 0.482 e.